The topological polar surface area (TPSA) is 18.5 Å². The van der Waals surface area contributed by atoms with Crippen molar-refractivity contribution in [1.82, 2.24) is 0 Å². The van der Waals surface area contributed by atoms with Crippen LogP contribution in [0.4, 0.5) is 0 Å². The second-order valence-electron chi connectivity index (χ2n) is 5.92. The first-order valence-electron chi connectivity index (χ1n) is 6.83. The second kappa shape index (κ2) is 6.29. The van der Waals surface area contributed by atoms with Crippen LogP contribution in [0, 0.1) is 0 Å². The summed E-state index contributed by atoms with van der Waals surface area (Å²) in [6, 6.07) is 10.00. The Morgan fingerprint density at radius 2 is 1.76 bits per heavy atom. The molecule has 0 bridgehead atoms. The predicted octanol–water partition coefficient (Wildman–Crippen LogP) is 5.39. The molecule has 0 saturated heterocycles. The number of hydrogen-bond acceptors (Lipinski definition) is 3. The van der Waals surface area contributed by atoms with Crippen LogP contribution < -0.4 is 9.47 Å². The Morgan fingerprint density at radius 1 is 1.05 bits per heavy atom. The van der Waals surface area contributed by atoms with E-state index < -0.39 is 0 Å². The molecule has 0 spiro atoms. The maximum Gasteiger partial charge on any atom is 0.127 e. The van der Waals surface area contributed by atoms with Gasteiger partial charge in [-0.25, -0.2) is 0 Å². The molecule has 21 heavy (non-hydrogen) atoms. The zero-order valence-electron chi connectivity index (χ0n) is 13.1. The highest BCUT2D eigenvalue weighted by molar-refractivity contribution is 7.12. The highest BCUT2D eigenvalue weighted by Crippen LogP contribution is 2.41. The molecule has 2 aromatic rings. The Morgan fingerprint density at radius 3 is 2.29 bits per heavy atom. The third-order valence-electron chi connectivity index (χ3n) is 3.33. The molecule has 0 radical (unpaired) electrons. The first-order valence-corrected chi connectivity index (χ1v) is 8.08. The molecular formula is C17H21ClO2S. The van der Waals surface area contributed by atoms with Crippen LogP contribution in [0.1, 0.15) is 41.5 Å². The van der Waals surface area contributed by atoms with Gasteiger partial charge in [0.15, 0.2) is 0 Å². The number of rotatable bonds is 4. The minimum atomic E-state index is -0.216. The fourth-order valence-corrected chi connectivity index (χ4v) is 3.52. The summed E-state index contributed by atoms with van der Waals surface area (Å²) in [6.45, 7) is 6.62. The van der Waals surface area contributed by atoms with E-state index in [1.807, 2.05) is 18.2 Å². The van der Waals surface area contributed by atoms with E-state index in [1.165, 1.54) is 4.88 Å². The summed E-state index contributed by atoms with van der Waals surface area (Å²) in [6.07, 6.45) is 0. The number of hydrogen-bond donors (Lipinski definition) is 0. The highest BCUT2D eigenvalue weighted by Gasteiger charge is 2.22. The number of thiophene rings is 1. The van der Waals surface area contributed by atoms with E-state index >= 15 is 0 Å². The number of ether oxygens (including phenoxy) is 2. The molecule has 0 aliphatic carbocycles. The molecule has 2 rings (SSSR count). The van der Waals surface area contributed by atoms with E-state index in [4.69, 9.17) is 21.1 Å². The Kier molecular flexibility index (Phi) is 4.84. The van der Waals surface area contributed by atoms with Gasteiger partial charge in [-0.15, -0.1) is 22.9 Å². The Hall–Kier alpha value is -1.19. The van der Waals surface area contributed by atoms with Gasteiger partial charge in [0, 0.05) is 21.4 Å². The lowest BCUT2D eigenvalue weighted by atomic mass is 9.95. The molecule has 4 heteroatoms. The minimum absolute atomic E-state index is 0.142. The van der Waals surface area contributed by atoms with Crippen molar-refractivity contribution in [1.29, 1.82) is 0 Å². The lowest BCUT2D eigenvalue weighted by Gasteiger charge is -2.16. The highest BCUT2D eigenvalue weighted by atomic mass is 35.5. The quantitative estimate of drug-likeness (QED) is 0.702. The van der Waals surface area contributed by atoms with Crippen molar-refractivity contribution in [2.45, 2.75) is 31.6 Å². The molecule has 1 heterocycles. The van der Waals surface area contributed by atoms with E-state index in [-0.39, 0.29) is 10.8 Å². The van der Waals surface area contributed by atoms with Gasteiger partial charge >= 0.3 is 0 Å². The summed E-state index contributed by atoms with van der Waals surface area (Å²) in [4.78, 5) is 2.46. The molecule has 1 unspecified atom stereocenters. The first kappa shape index (κ1) is 16.2. The molecule has 1 aromatic carbocycles. The normalized spacial score (nSPS) is 13.0. The van der Waals surface area contributed by atoms with Crippen molar-refractivity contribution in [2.75, 3.05) is 14.2 Å². The molecule has 0 aliphatic rings. The number of benzene rings is 1. The van der Waals surface area contributed by atoms with Crippen molar-refractivity contribution < 1.29 is 9.47 Å². The van der Waals surface area contributed by atoms with Crippen molar-refractivity contribution in [3.05, 3.63) is 45.6 Å². The predicted molar refractivity (Wildman–Crippen MR) is 90.3 cm³/mol. The zero-order chi connectivity index (χ0) is 15.6. The Labute approximate surface area is 135 Å². The molecule has 0 fully saturated rings. The van der Waals surface area contributed by atoms with Gasteiger partial charge in [-0.3, -0.25) is 0 Å². The maximum atomic E-state index is 6.66. The Balaban J connectivity index is 2.35. The van der Waals surface area contributed by atoms with Crippen LogP contribution in [-0.2, 0) is 5.41 Å². The van der Waals surface area contributed by atoms with E-state index in [0.717, 1.165) is 21.9 Å². The number of methoxy groups -OCH3 is 2. The molecule has 0 N–H and O–H groups in total. The van der Waals surface area contributed by atoms with Gasteiger partial charge in [-0.05, 0) is 29.7 Å². The molecule has 0 saturated carbocycles. The summed E-state index contributed by atoms with van der Waals surface area (Å²) >= 11 is 8.42. The van der Waals surface area contributed by atoms with Crippen LogP contribution in [0.15, 0.2) is 30.3 Å². The second-order valence-corrected chi connectivity index (χ2v) is 7.47. The van der Waals surface area contributed by atoms with E-state index in [0.29, 0.717) is 0 Å². The fraction of sp³-hybridized carbons (Fsp3) is 0.412. The van der Waals surface area contributed by atoms with Crippen LogP contribution in [-0.4, -0.2) is 14.2 Å². The summed E-state index contributed by atoms with van der Waals surface area (Å²) in [5.74, 6) is 1.51. The monoisotopic (exact) mass is 324 g/mol. The summed E-state index contributed by atoms with van der Waals surface area (Å²) in [7, 11) is 3.29. The van der Waals surface area contributed by atoms with Gasteiger partial charge in [-0.2, -0.15) is 0 Å². The maximum absolute atomic E-state index is 6.66. The van der Waals surface area contributed by atoms with Crippen LogP contribution >= 0.6 is 22.9 Å². The van der Waals surface area contributed by atoms with Crippen molar-refractivity contribution in [3.8, 4) is 11.5 Å². The van der Waals surface area contributed by atoms with Crippen molar-refractivity contribution in [2.24, 2.45) is 0 Å². The molecule has 0 aliphatic heterocycles. The summed E-state index contributed by atoms with van der Waals surface area (Å²) in [5, 5.41) is -0.216. The fourth-order valence-electron chi connectivity index (χ4n) is 2.07. The summed E-state index contributed by atoms with van der Waals surface area (Å²) in [5.41, 5.74) is 1.10. The summed E-state index contributed by atoms with van der Waals surface area (Å²) < 4.78 is 10.7. The first-order chi connectivity index (χ1) is 9.86. The molecule has 0 amide bonds. The number of alkyl halides is 1. The van der Waals surface area contributed by atoms with E-state index in [1.54, 1.807) is 25.6 Å². The van der Waals surface area contributed by atoms with Crippen LogP contribution in [0.5, 0.6) is 11.5 Å². The van der Waals surface area contributed by atoms with Gasteiger partial charge in [0.1, 0.15) is 11.5 Å². The Bertz CT molecular complexity index is 613. The van der Waals surface area contributed by atoms with Crippen LogP contribution in [0.2, 0.25) is 0 Å². The van der Waals surface area contributed by atoms with Crippen molar-refractivity contribution in [3.63, 3.8) is 0 Å². The smallest absolute Gasteiger partial charge is 0.127 e. The SMILES string of the molecule is COc1ccc(C(Cl)c2ccc(C(C)(C)C)s2)c(OC)c1. The molecule has 1 atom stereocenters. The van der Waals surface area contributed by atoms with Crippen LogP contribution in [0.25, 0.3) is 0 Å². The lowest BCUT2D eigenvalue weighted by molar-refractivity contribution is 0.391. The van der Waals surface area contributed by atoms with Crippen molar-refractivity contribution >= 4 is 22.9 Å². The van der Waals surface area contributed by atoms with Gasteiger partial charge < -0.3 is 9.47 Å². The minimum Gasteiger partial charge on any atom is -0.497 e. The zero-order valence-corrected chi connectivity index (χ0v) is 14.6. The largest absolute Gasteiger partial charge is 0.497 e. The molecular weight excluding hydrogens is 304 g/mol. The third kappa shape index (κ3) is 3.53. The average Bonchev–Trinajstić information content (AvgIpc) is 2.95. The molecule has 114 valence electrons. The third-order valence-corrected chi connectivity index (χ3v) is 5.50. The molecule has 1 aromatic heterocycles. The average molecular weight is 325 g/mol. The van der Waals surface area contributed by atoms with Gasteiger partial charge in [0.2, 0.25) is 0 Å². The van der Waals surface area contributed by atoms with Gasteiger partial charge in [-0.1, -0.05) is 20.8 Å². The standard InChI is InChI=1S/C17H21ClO2S/c1-17(2,3)15-9-8-14(21-15)16(18)12-7-6-11(19-4)10-13(12)20-5/h6-10,16H,1-5H3. The van der Waals surface area contributed by atoms with Gasteiger partial charge in [0.05, 0.1) is 19.6 Å². The van der Waals surface area contributed by atoms with Crippen LogP contribution in [0.3, 0.4) is 0 Å². The molecule has 2 nitrogen and oxygen atoms in total. The number of halogens is 1. The lowest BCUT2D eigenvalue weighted by Crippen LogP contribution is -2.07. The van der Waals surface area contributed by atoms with E-state index in [9.17, 15) is 0 Å². The van der Waals surface area contributed by atoms with E-state index in [2.05, 4.69) is 32.9 Å². The van der Waals surface area contributed by atoms with Gasteiger partial charge in [0.25, 0.3) is 0 Å².